The fourth-order valence-electron chi connectivity index (χ4n) is 2.76. The maximum atomic E-state index is 13.2. The number of amides is 2. The number of hydrogen-bond acceptors (Lipinski definition) is 6. The smallest absolute Gasteiger partial charge is 0.359 e. The number of aryl methyl sites for hydroxylation is 2. The average Bonchev–Trinajstić information content (AvgIpc) is 3.11. The summed E-state index contributed by atoms with van der Waals surface area (Å²) in [5.41, 5.74) is 1.37. The minimum Gasteiger partial charge on any atom is -0.451 e. The fraction of sp³-hybridized carbons (Fsp3) is 0.190. The first-order valence-corrected chi connectivity index (χ1v) is 9.90. The lowest BCUT2D eigenvalue weighted by atomic mass is 10.3. The third kappa shape index (κ3) is 6.10. The number of benzene rings is 1. The monoisotopic (exact) mass is 477 g/mol. The van der Waals surface area contributed by atoms with Gasteiger partial charge >= 0.3 is 5.97 Å². The van der Waals surface area contributed by atoms with Gasteiger partial charge in [-0.1, -0.05) is 11.6 Å². The van der Waals surface area contributed by atoms with Crippen molar-refractivity contribution in [2.75, 3.05) is 18.5 Å². The summed E-state index contributed by atoms with van der Waals surface area (Å²) < 4.78 is 32.5. The molecule has 0 saturated heterocycles. The van der Waals surface area contributed by atoms with E-state index in [1.165, 1.54) is 10.7 Å². The Bertz CT molecular complexity index is 1230. The number of nitrogens with zero attached hydrogens (tertiary/aromatic N) is 3. The number of carbonyl (C=O) groups is 3. The van der Waals surface area contributed by atoms with Crippen LogP contribution < -0.4 is 10.6 Å². The van der Waals surface area contributed by atoms with Crippen molar-refractivity contribution in [2.45, 2.75) is 13.8 Å². The molecular formula is C21H18ClF2N5O4. The second-order valence-electron chi connectivity index (χ2n) is 6.87. The number of halogens is 3. The van der Waals surface area contributed by atoms with E-state index in [1.807, 2.05) is 19.9 Å². The highest BCUT2D eigenvalue weighted by Crippen LogP contribution is 2.18. The number of rotatable bonds is 7. The lowest BCUT2D eigenvalue weighted by Crippen LogP contribution is -2.35. The maximum Gasteiger partial charge on any atom is 0.359 e. The molecule has 0 aliphatic carbocycles. The summed E-state index contributed by atoms with van der Waals surface area (Å²) in [4.78, 5) is 40.3. The Morgan fingerprint density at radius 2 is 1.82 bits per heavy atom. The van der Waals surface area contributed by atoms with Gasteiger partial charge < -0.3 is 15.4 Å². The van der Waals surface area contributed by atoms with Crippen LogP contribution in [0, 0.1) is 25.5 Å². The summed E-state index contributed by atoms with van der Waals surface area (Å²) in [7, 11) is 0. The van der Waals surface area contributed by atoms with Crippen LogP contribution in [0.15, 0.2) is 36.4 Å². The molecule has 0 aliphatic heterocycles. The summed E-state index contributed by atoms with van der Waals surface area (Å²) in [6.07, 6.45) is 0. The number of ether oxygens (including phenoxy) is 1. The van der Waals surface area contributed by atoms with Gasteiger partial charge in [-0.25, -0.2) is 23.2 Å². The number of carbonyl (C=O) groups excluding carboxylic acids is 3. The van der Waals surface area contributed by atoms with Crippen molar-refractivity contribution in [1.29, 1.82) is 0 Å². The Morgan fingerprint density at radius 1 is 1.06 bits per heavy atom. The SMILES string of the molecule is Cc1cc(C)n(-c2ccc(Cl)c(C(=O)OCC(=O)NCC(=O)Nc3ccc(F)c(F)c3)n2)n1. The number of hydrogen-bond donors (Lipinski definition) is 2. The lowest BCUT2D eigenvalue weighted by molar-refractivity contribution is -0.126. The van der Waals surface area contributed by atoms with Crippen molar-refractivity contribution in [3.05, 3.63) is 70.1 Å². The molecular weight excluding hydrogens is 460 g/mol. The van der Waals surface area contributed by atoms with E-state index < -0.39 is 42.6 Å². The molecule has 0 saturated carbocycles. The first-order chi connectivity index (χ1) is 15.6. The zero-order valence-electron chi connectivity index (χ0n) is 17.5. The topological polar surface area (TPSA) is 115 Å². The third-order valence-corrected chi connectivity index (χ3v) is 4.54. The van der Waals surface area contributed by atoms with E-state index in [-0.39, 0.29) is 16.4 Å². The number of esters is 1. The van der Waals surface area contributed by atoms with E-state index in [0.717, 1.165) is 29.6 Å². The van der Waals surface area contributed by atoms with Gasteiger partial charge in [0.1, 0.15) is 0 Å². The van der Waals surface area contributed by atoms with E-state index in [2.05, 4.69) is 20.7 Å². The molecule has 2 aromatic heterocycles. The fourth-order valence-corrected chi connectivity index (χ4v) is 2.94. The van der Waals surface area contributed by atoms with Gasteiger partial charge in [0, 0.05) is 17.4 Å². The van der Waals surface area contributed by atoms with E-state index >= 15 is 0 Å². The minimum absolute atomic E-state index is 0.0165. The predicted molar refractivity (Wildman–Crippen MR) is 114 cm³/mol. The molecule has 172 valence electrons. The van der Waals surface area contributed by atoms with Gasteiger partial charge in [0.2, 0.25) is 5.91 Å². The van der Waals surface area contributed by atoms with Crippen LogP contribution in [0.5, 0.6) is 0 Å². The quantitative estimate of drug-likeness (QED) is 0.506. The van der Waals surface area contributed by atoms with Gasteiger partial charge in [-0.05, 0) is 44.2 Å². The Kier molecular flexibility index (Phi) is 7.34. The number of pyridine rings is 1. The van der Waals surface area contributed by atoms with Crippen molar-refractivity contribution in [3.63, 3.8) is 0 Å². The highest BCUT2D eigenvalue weighted by molar-refractivity contribution is 6.33. The molecule has 0 aliphatic rings. The standard InChI is InChI=1S/C21H18ClF2N5O4/c1-11-7-12(2)29(28-11)17-6-4-14(22)20(27-17)21(32)33-10-19(31)25-9-18(30)26-13-3-5-15(23)16(24)8-13/h3-8H,9-10H2,1-2H3,(H,25,31)(H,26,30). The van der Waals surface area contributed by atoms with Gasteiger partial charge in [-0.2, -0.15) is 5.10 Å². The summed E-state index contributed by atoms with van der Waals surface area (Å²) in [6.45, 7) is 2.45. The molecule has 3 aromatic rings. The summed E-state index contributed by atoms with van der Waals surface area (Å²) in [5.74, 6) is -4.24. The Balaban J connectivity index is 1.53. The summed E-state index contributed by atoms with van der Waals surface area (Å²) in [5, 5.41) is 8.83. The molecule has 3 rings (SSSR count). The van der Waals surface area contributed by atoms with E-state index in [9.17, 15) is 23.2 Å². The molecule has 1 aromatic carbocycles. The van der Waals surface area contributed by atoms with E-state index in [4.69, 9.17) is 16.3 Å². The van der Waals surface area contributed by atoms with Crippen LogP contribution >= 0.6 is 11.6 Å². The first kappa shape index (κ1) is 23.8. The molecule has 0 unspecified atom stereocenters. The van der Waals surface area contributed by atoms with Crippen LogP contribution in [0.1, 0.15) is 21.9 Å². The molecule has 9 nitrogen and oxygen atoms in total. The van der Waals surface area contributed by atoms with Gasteiger partial charge in [0.25, 0.3) is 5.91 Å². The summed E-state index contributed by atoms with van der Waals surface area (Å²) in [6, 6.07) is 7.69. The predicted octanol–water partition coefficient (Wildman–Crippen LogP) is 2.73. The molecule has 2 amide bonds. The van der Waals surface area contributed by atoms with Crippen molar-refractivity contribution >= 4 is 35.1 Å². The van der Waals surface area contributed by atoms with Crippen LogP contribution in [0.2, 0.25) is 5.02 Å². The van der Waals surface area contributed by atoms with Crippen molar-refractivity contribution in [2.24, 2.45) is 0 Å². The molecule has 0 atom stereocenters. The molecule has 0 bridgehead atoms. The third-order valence-electron chi connectivity index (χ3n) is 4.24. The molecule has 2 N–H and O–H groups in total. The highest BCUT2D eigenvalue weighted by Gasteiger charge is 2.18. The maximum absolute atomic E-state index is 13.2. The van der Waals surface area contributed by atoms with E-state index in [0.29, 0.717) is 5.82 Å². The highest BCUT2D eigenvalue weighted by atomic mass is 35.5. The van der Waals surface area contributed by atoms with E-state index in [1.54, 1.807) is 6.07 Å². The minimum atomic E-state index is -1.13. The zero-order valence-corrected chi connectivity index (χ0v) is 18.2. The molecule has 33 heavy (non-hydrogen) atoms. The van der Waals surface area contributed by atoms with Gasteiger partial charge in [0.15, 0.2) is 29.8 Å². The Labute approximate surface area is 191 Å². The lowest BCUT2D eigenvalue weighted by Gasteiger charge is -2.09. The largest absolute Gasteiger partial charge is 0.451 e. The van der Waals surface area contributed by atoms with Crippen LogP contribution in [-0.4, -0.2) is 45.7 Å². The van der Waals surface area contributed by atoms with Crippen LogP contribution in [-0.2, 0) is 14.3 Å². The normalized spacial score (nSPS) is 10.6. The molecule has 2 heterocycles. The second kappa shape index (κ2) is 10.2. The van der Waals surface area contributed by atoms with Crippen LogP contribution in [0.4, 0.5) is 14.5 Å². The summed E-state index contributed by atoms with van der Waals surface area (Å²) >= 11 is 6.04. The number of nitrogens with one attached hydrogen (secondary N) is 2. The number of aromatic nitrogens is 3. The van der Waals surface area contributed by atoms with Crippen LogP contribution in [0.3, 0.4) is 0 Å². The van der Waals surface area contributed by atoms with Gasteiger partial charge in [-0.15, -0.1) is 0 Å². The first-order valence-electron chi connectivity index (χ1n) is 9.53. The van der Waals surface area contributed by atoms with Crippen LogP contribution in [0.25, 0.3) is 5.82 Å². The molecule has 12 heteroatoms. The van der Waals surface area contributed by atoms with Crippen molar-refractivity contribution in [3.8, 4) is 5.82 Å². The zero-order chi connectivity index (χ0) is 24.1. The average molecular weight is 478 g/mol. The molecule has 0 fully saturated rings. The number of anilines is 1. The molecule has 0 spiro atoms. The van der Waals surface area contributed by atoms with Crippen molar-refractivity contribution < 1.29 is 27.9 Å². The Hall–Kier alpha value is -3.86. The Morgan fingerprint density at radius 3 is 2.48 bits per heavy atom. The second-order valence-corrected chi connectivity index (χ2v) is 7.28. The molecule has 0 radical (unpaired) electrons. The van der Waals surface area contributed by atoms with Crippen molar-refractivity contribution in [1.82, 2.24) is 20.1 Å². The van der Waals surface area contributed by atoms with Gasteiger partial charge in [-0.3, -0.25) is 9.59 Å². The van der Waals surface area contributed by atoms with Gasteiger partial charge in [0.05, 0.1) is 17.3 Å².